The summed E-state index contributed by atoms with van der Waals surface area (Å²) < 4.78 is 5.20. The third-order valence-electron chi connectivity index (χ3n) is 4.60. The number of nitrogens with zero attached hydrogens (tertiary/aromatic N) is 1. The molecule has 148 valence electrons. The van der Waals surface area contributed by atoms with Crippen LogP contribution < -0.4 is 10.1 Å². The summed E-state index contributed by atoms with van der Waals surface area (Å²) in [6.07, 6.45) is 6.27. The van der Waals surface area contributed by atoms with Gasteiger partial charge in [-0.25, -0.2) is 0 Å². The molecule has 0 radical (unpaired) electrons. The van der Waals surface area contributed by atoms with E-state index in [4.69, 9.17) is 4.74 Å². The van der Waals surface area contributed by atoms with E-state index in [1.165, 1.54) is 0 Å². The van der Waals surface area contributed by atoms with Gasteiger partial charge in [-0.3, -0.25) is 9.59 Å². The van der Waals surface area contributed by atoms with Crippen molar-refractivity contribution in [3.8, 4) is 5.75 Å². The molecule has 2 rings (SSSR count). The zero-order valence-corrected chi connectivity index (χ0v) is 18.0. The molecule has 1 aliphatic rings. The lowest BCUT2D eigenvalue weighted by Crippen LogP contribution is -2.50. The molecule has 2 amide bonds. The number of methoxy groups -OCH3 is 1. The fourth-order valence-corrected chi connectivity index (χ4v) is 3.91. The predicted molar refractivity (Wildman–Crippen MR) is 111 cm³/mol. The molecule has 1 aliphatic heterocycles. The molecular weight excluding hydrogens is 356 g/mol. The van der Waals surface area contributed by atoms with E-state index < -0.39 is 14.1 Å². The first-order chi connectivity index (χ1) is 12.8. The van der Waals surface area contributed by atoms with Gasteiger partial charge in [-0.1, -0.05) is 43.9 Å². The minimum absolute atomic E-state index is 0.00322. The van der Waals surface area contributed by atoms with E-state index in [1.807, 2.05) is 29.2 Å². The van der Waals surface area contributed by atoms with Gasteiger partial charge in [-0.05, 0) is 36.6 Å². The van der Waals surface area contributed by atoms with E-state index in [1.54, 1.807) is 7.11 Å². The number of carbonyl (C=O) groups excluding carboxylic acids is 2. The van der Waals surface area contributed by atoms with Gasteiger partial charge < -0.3 is 15.0 Å². The maximum atomic E-state index is 13.0. The Balaban J connectivity index is 2.08. The quantitative estimate of drug-likeness (QED) is 0.547. The van der Waals surface area contributed by atoms with Gasteiger partial charge >= 0.3 is 0 Å². The number of ether oxygens (including phenoxy) is 1. The molecule has 0 aromatic heterocycles. The lowest BCUT2D eigenvalue weighted by atomic mass is 10.0. The van der Waals surface area contributed by atoms with Crippen molar-refractivity contribution in [2.45, 2.75) is 57.5 Å². The molecule has 1 aromatic carbocycles. The molecule has 0 unspecified atom stereocenters. The van der Waals surface area contributed by atoms with Crippen molar-refractivity contribution in [3.05, 3.63) is 42.0 Å². The van der Waals surface area contributed by atoms with Crippen LogP contribution in [0.1, 0.15) is 24.8 Å². The Labute approximate surface area is 163 Å². The van der Waals surface area contributed by atoms with Crippen LogP contribution in [-0.4, -0.2) is 44.5 Å². The molecule has 1 aromatic rings. The van der Waals surface area contributed by atoms with Crippen molar-refractivity contribution in [1.29, 1.82) is 0 Å². The van der Waals surface area contributed by atoms with Gasteiger partial charge in [0.2, 0.25) is 11.8 Å². The van der Waals surface area contributed by atoms with Crippen molar-refractivity contribution in [2.24, 2.45) is 0 Å². The highest BCUT2D eigenvalue weighted by Gasteiger charge is 2.28. The second kappa shape index (κ2) is 9.74. The zero-order chi connectivity index (χ0) is 19.9. The highest BCUT2D eigenvalue weighted by molar-refractivity contribution is 6.76. The van der Waals surface area contributed by atoms with Gasteiger partial charge in [0, 0.05) is 27.6 Å². The normalized spacial score (nSPS) is 17.6. The van der Waals surface area contributed by atoms with Crippen LogP contribution in [0.5, 0.6) is 5.75 Å². The summed E-state index contributed by atoms with van der Waals surface area (Å²) >= 11 is 0. The van der Waals surface area contributed by atoms with Crippen LogP contribution in [0.15, 0.2) is 36.4 Å². The van der Waals surface area contributed by atoms with Crippen molar-refractivity contribution in [1.82, 2.24) is 10.2 Å². The molecule has 1 fully saturated rings. The first-order valence-electron chi connectivity index (χ1n) is 9.64. The monoisotopic (exact) mass is 388 g/mol. The Morgan fingerprint density at radius 1 is 1.26 bits per heavy atom. The SMILES string of the molecule is COc1ccc(CN(C/C=C/C[Si](C)(C)C)C(=O)[C@@H]2CCCC(=O)N2)cc1. The van der Waals surface area contributed by atoms with Gasteiger partial charge in [-0.15, -0.1) is 0 Å². The van der Waals surface area contributed by atoms with Crippen molar-refractivity contribution in [3.63, 3.8) is 0 Å². The Kier molecular flexibility index (Phi) is 7.65. The molecule has 5 nitrogen and oxygen atoms in total. The van der Waals surface area contributed by atoms with Gasteiger partial charge in [-0.2, -0.15) is 0 Å². The molecule has 1 heterocycles. The van der Waals surface area contributed by atoms with Gasteiger partial charge in [0.15, 0.2) is 0 Å². The topological polar surface area (TPSA) is 58.6 Å². The van der Waals surface area contributed by atoms with E-state index in [-0.39, 0.29) is 11.8 Å². The number of allylic oxidation sites excluding steroid dienone is 1. The third kappa shape index (κ3) is 7.21. The Bertz CT molecular complexity index is 665. The van der Waals surface area contributed by atoms with Crippen molar-refractivity contribution in [2.75, 3.05) is 13.7 Å². The molecule has 1 N–H and O–H groups in total. The zero-order valence-electron chi connectivity index (χ0n) is 17.0. The Morgan fingerprint density at radius 2 is 1.96 bits per heavy atom. The highest BCUT2D eigenvalue weighted by atomic mass is 28.3. The number of hydrogen-bond acceptors (Lipinski definition) is 3. The van der Waals surface area contributed by atoms with E-state index in [0.717, 1.165) is 23.8 Å². The molecule has 1 saturated heterocycles. The smallest absolute Gasteiger partial charge is 0.245 e. The van der Waals surface area contributed by atoms with Gasteiger partial charge in [0.1, 0.15) is 11.8 Å². The third-order valence-corrected chi connectivity index (χ3v) is 6.06. The van der Waals surface area contributed by atoms with E-state index in [2.05, 4.69) is 37.1 Å². The van der Waals surface area contributed by atoms with E-state index >= 15 is 0 Å². The highest BCUT2D eigenvalue weighted by Crippen LogP contribution is 2.16. The second-order valence-electron chi connectivity index (χ2n) is 8.32. The lowest BCUT2D eigenvalue weighted by Gasteiger charge is -2.29. The molecule has 0 saturated carbocycles. The van der Waals surface area contributed by atoms with Gasteiger partial charge in [0.25, 0.3) is 0 Å². The first-order valence-corrected chi connectivity index (χ1v) is 13.4. The molecule has 6 heteroatoms. The number of piperidine rings is 1. The summed E-state index contributed by atoms with van der Waals surface area (Å²) in [6, 6.07) is 8.45. The molecule has 27 heavy (non-hydrogen) atoms. The fraction of sp³-hybridized carbons (Fsp3) is 0.524. The standard InChI is InChI=1S/C21H32N2O3Si/c1-26-18-12-10-17(11-13-18)16-23(14-5-6-15-27(2,3)4)21(25)19-8-7-9-20(24)22-19/h5-6,10-13,19H,7-9,14-16H2,1-4H3,(H,22,24)/b6-5+/t19-/m0/s1. The van der Waals surface area contributed by atoms with Crippen LogP contribution in [0.2, 0.25) is 25.7 Å². The molecule has 0 aliphatic carbocycles. The number of nitrogens with one attached hydrogen (secondary N) is 1. The minimum Gasteiger partial charge on any atom is -0.497 e. The maximum absolute atomic E-state index is 13.0. The molecule has 1 atom stereocenters. The van der Waals surface area contributed by atoms with Crippen LogP contribution in [0.25, 0.3) is 0 Å². The number of carbonyl (C=O) groups is 2. The minimum atomic E-state index is -1.14. The summed E-state index contributed by atoms with van der Waals surface area (Å²) in [5, 5.41) is 2.85. The lowest BCUT2D eigenvalue weighted by molar-refractivity contribution is -0.138. The molecule has 0 bridgehead atoms. The van der Waals surface area contributed by atoms with Crippen LogP contribution in [-0.2, 0) is 16.1 Å². The number of benzene rings is 1. The average molecular weight is 389 g/mol. The van der Waals surface area contributed by atoms with E-state index in [0.29, 0.717) is 25.9 Å². The first kappa shape index (κ1) is 21.2. The van der Waals surface area contributed by atoms with Crippen LogP contribution in [0.3, 0.4) is 0 Å². The Morgan fingerprint density at radius 3 is 2.56 bits per heavy atom. The van der Waals surface area contributed by atoms with Crippen molar-refractivity contribution < 1.29 is 14.3 Å². The van der Waals surface area contributed by atoms with Crippen LogP contribution in [0, 0.1) is 0 Å². The average Bonchev–Trinajstić information content (AvgIpc) is 2.63. The summed E-state index contributed by atoms with van der Waals surface area (Å²) in [5.74, 6) is 0.765. The second-order valence-corrected chi connectivity index (χ2v) is 13.8. The summed E-state index contributed by atoms with van der Waals surface area (Å²) in [7, 11) is 0.495. The van der Waals surface area contributed by atoms with Crippen LogP contribution in [0.4, 0.5) is 0 Å². The van der Waals surface area contributed by atoms with Crippen LogP contribution >= 0.6 is 0 Å². The molecule has 0 spiro atoms. The Hall–Kier alpha value is -2.08. The summed E-state index contributed by atoms with van der Waals surface area (Å²) in [5.41, 5.74) is 1.05. The number of rotatable bonds is 8. The number of hydrogen-bond donors (Lipinski definition) is 1. The number of amides is 2. The predicted octanol–water partition coefficient (Wildman–Crippen LogP) is 3.59. The summed E-state index contributed by atoms with van der Waals surface area (Å²) in [6.45, 7) is 8.06. The van der Waals surface area contributed by atoms with Crippen molar-refractivity contribution >= 4 is 19.9 Å². The summed E-state index contributed by atoms with van der Waals surface area (Å²) in [4.78, 5) is 26.6. The van der Waals surface area contributed by atoms with E-state index in [9.17, 15) is 9.59 Å². The fourth-order valence-electron chi connectivity index (χ4n) is 3.03. The molecular formula is C21H32N2O3Si. The largest absolute Gasteiger partial charge is 0.497 e. The van der Waals surface area contributed by atoms with Gasteiger partial charge in [0.05, 0.1) is 7.11 Å². The maximum Gasteiger partial charge on any atom is 0.245 e.